The number of rotatable bonds is 5. The first-order valence-electron chi connectivity index (χ1n) is 7.42. The zero-order chi connectivity index (χ0) is 13.9. The van der Waals surface area contributed by atoms with Gasteiger partial charge in [0.1, 0.15) is 5.75 Å². The molecule has 1 aromatic carbocycles. The van der Waals surface area contributed by atoms with Crippen LogP contribution in [0.15, 0.2) is 24.3 Å². The maximum absolute atomic E-state index is 12.7. The van der Waals surface area contributed by atoms with Gasteiger partial charge in [-0.15, -0.1) is 0 Å². The molecule has 0 aromatic heterocycles. The highest BCUT2D eigenvalue weighted by Gasteiger charge is 2.36. The summed E-state index contributed by atoms with van der Waals surface area (Å²) < 4.78 is 5.40. The van der Waals surface area contributed by atoms with Crippen LogP contribution in [0.25, 0.3) is 0 Å². The van der Waals surface area contributed by atoms with E-state index in [4.69, 9.17) is 4.74 Å². The average molecular weight is 274 g/mol. The fourth-order valence-electron chi connectivity index (χ4n) is 2.89. The largest absolute Gasteiger partial charge is 0.496 e. The third-order valence-corrected chi connectivity index (χ3v) is 4.21. The number of para-hydroxylation sites is 1. The lowest BCUT2D eigenvalue weighted by Crippen LogP contribution is -2.38. The molecular formula is C16H22N2O2. The van der Waals surface area contributed by atoms with Gasteiger partial charge >= 0.3 is 0 Å². The van der Waals surface area contributed by atoms with Crippen LogP contribution in [-0.4, -0.2) is 37.0 Å². The number of carbonyl (C=O) groups is 1. The average Bonchev–Trinajstić information content (AvgIpc) is 3.17. The molecule has 1 heterocycles. The van der Waals surface area contributed by atoms with E-state index in [1.807, 2.05) is 24.3 Å². The van der Waals surface area contributed by atoms with Crippen molar-refractivity contribution >= 4 is 5.91 Å². The van der Waals surface area contributed by atoms with Gasteiger partial charge < -0.3 is 15.0 Å². The van der Waals surface area contributed by atoms with Crippen molar-refractivity contribution in [1.29, 1.82) is 0 Å². The zero-order valence-electron chi connectivity index (χ0n) is 12.0. The first kappa shape index (κ1) is 13.4. The maximum Gasteiger partial charge on any atom is 0.227 e. The van der Waals surface area contributed by atoms with Crippen molar-refractivity contribution in [3.63, 3.8) is 0 Å². The van der Waals surface area contributed by atoms with Gasteiger partial charge in [-0.05, 0) is 31.9 Å². The number of methoxy groups -OCH3 is 1. The molecule has 1 saturated carbocycles. The molecule has 2 fully saturated rings. The molecule has 3 rings (SSSR count). The Bertz CT molecular complexity index is 479. The van der Waals surface area contributed by atoms with Crippen LogP contribution in [0.4, 0.5) is 0 Å². The van der Waals surface area contributed by atoms with Crippen LogP contribution in [0, 0.1) is 5.92 Å². The second kappa shape index (κ2) is 5.83. The Morgan fingerprint density at radius 3 is 2.80 bits per heavy atom. The summed E-state index contributed by atoms with van der Waals surface area (Å²) in [6.45, 7) is 2.46. The molecule has 1 unspecified atom stereocenters. The van der Waals surface area contributed by atoms with Crippen LogP contribution in [-0.2, 0) is 11.3 Å². The van der Waals surface area contributed by atoms with Crippen LogP contribution in [0.3, 0.4) is 0 Å². The minimum absolute atomic E-state index is 0.158. The first-order valence-corrected chi connectivity index (χ1v) is 7.42. The van der Waals surface area contributed by atoms with Gasteiger partial charge in [0.2, 0.25) is 5.91 Å². The molecule has 0 spiro atoms. The highest BCUT2D eigenvalue weighted by molar-refractivity contribution is 5.80. The number of hydrogen-bond donors (Lipinski definition) is 1. The molecule has 0 bridgehead atoms. The Balaban J connectivity index is 1.75. The summed E-state index contributed by atoms with van der Waals surface area (Å²) in [5.74, 6) is 1.34. The Kier molecular flexibility index (Phi) is 3.92. The van der Waals surface area contributed by atoms with Crippen molar-refractivity contribution in [2.24, 2.45) is 5.92 Å². The second-order valence-corrected chi connectivity index (χ2v) is 5.70. The van der Waals surface area contributed by atoms with Gasteiger partial charge in [-0.25, -0.2) is 0 Å². The van der Waals surface area contributed by atoms with E-state index in [0.29, 0.717) is 18.5 Å². The molecule has 4 heteroatoms. The molecular weight excluding hydrogens is 252 g/mol. The van der Waals surface area contributed by atoms with E-state index in [1.54, 1.807) is 7.11 Å². The Morgan fingerprint density at radius 1 is 1.35 bits per heavy atom. The summed E-state index contributed by atoms with van der Waals surface area (Å²) in [4.78, 5) is 14.7. The molecule has 1 aliphatic heterocycles. The van der Waals surface area contributed by atoms with Crippen LogP contribution in [0.5, 0.6) is 5.75 Å². The van der Waals surface area contributed by atoms with E-state index in [-0.39, 0.29) is 5.92 Å². The predicted octanol–water partition coefficient (Wildman–Crippen LogP) is 1.80. The monoisotopic (exact) mass is 274 g/mol. The number of ether oxygens (including phenoxy) is 1. The number of amides is 1. The third kappa shape index (κ3) is 2.80. The molecule has 1 aliphatic carbocycles. The first-order chi connectivity index (χ1) is 9.79. The predicted molar refractivity (Wildman–Crippen MR) is 77.5 cm³/mol. The van der Waals surface area contributed by atoms with Crippen LogP contribution < -0.4 is 10.1 Å². The SMILES string of the molecule is COc1ccccc1CN(C(=O)C1CCNC1)C1CC1. The molecule has 1 aromatic rings. The fourth-order valence-corrected chi connectivity index (χ4v) is 2.89. The summed E-state index contributed by atoms with van der Waals surface area (Å²) in [7, 11) is 1.68. The normalized spacial score (nSPS) is 21.8. The number of hydrogen-bond acceptors (Lipinski definition) is 3. The molecule has 2 aliphatic rings. The van der Waals surface area contributed by atoms with Crippen LogP contribution in [0.1, 0.15) is 24.8 Å². The van der Waals surface area contributed by atoms with Gasteiger partial charge in [0, 0.05) is 24.7 Å². The Morgan fingerprint density at radius 2 is 2.15 bits per heavy atom. The van der Waals surface area contributed by atoms with Crippen molar-refractivity contribution in [2.45, 2.75) is 31.8 Å². The Labute approximate surface area is 120 Å². The van der Waals surface area contributed by atoms with Gasteiger partial charge in [0.15, 0.2) is 0 Å². The van der Waals surface area contributed by atoms with Gasteiger partial charge in [-0.3, -0.25) is 4.79 Å². The van der Waals surface area contributed by atoms with E-state index < -0.39 is 0 Å². The molecule has 4 nitrogen and oxygen atoms in total. The number of nitrogens with zero attached hydrogens (tertiary/aromatic N) is 1. The zero-order valence-corrected chi connectivity index (χ0v) is 12.0. The lowest BCUT2D eigenvalue weighted by Gasteiger charge is -2.26. The lowest BCUT2D eigenvalue weighted by molar-refractivity contribution is -0.136. The van der Waals surface area contributed by atoms with Gasteiger partial charge in [-0.1, -0.05) is 18.2 Å². The van der Waals surface area contributed by atoms with Crippen molar-refractivity contribution < 1.29 is 9.53 Å². The van der Waals surface area contributed by atoms with Crippen molar-refractivity contribution in [1.82, 2.24) is 10.2 Å². The number of nitrogens with one attached hydrogen (secondary N) is 1. The van der Waals surface area contributed by atoms with E-state index in [1.165, 1.54) is 0 Å². The molecule has 108 valence electrons. The minimum atomic E-state index is 0.158. The van der Waals surface area contributed by atoms with Gasteiger partial charge in [-0.2, -0.15) is 0 Å². The van der Waals surface area contributed by atoms with E-state index in [9.17, 15) is 4.79 Å². The van der Waals surface area contributed by atoms with Gasteiger partial charge in [0.25, 0.3) is 0 Å². The minimum Gasteiger partial charge on any atom is -0.496 e. The van der Waals surface area contributed by atoms with Crippen molar-refractivity contribution in [3.05, 3.63) is 29.8 Å². The highest BCUT2D eigenvalue weighted by atomic mass is 16.5. The third-order valence-electron chi connectivity index (χ3n) is 4.21. The second-order valence-electron chi connectivity index (χ2n) is 5.70. The lowest BCUT2D eigenvalue weighted by atomic mass is 10.1. The summed E-state index contributed by atoms with van der Waals surface area (Å²) >= 11 is 0. The van der Waals surface area contributed by atoms with E-state index in [2.05, 4.69) is 10.2 Å². The standard InChI is InChI=1S/C16H22N2O2/c1-20-15-5-3-2-4-13(15)11-18(14-6-7-14)16(19)12-8-9-17-10-12/h2-5,12,14,17H,6-11H2,1H3. The van der Waals surface area contributed by atoms with Crippen molar-refractivity contribution in [3.8, 4) is 5.75 Å². The molecule has 1 saturated heterocycles. The van der Waals surface area contributed by atoms with Crippen LogP contribution >= 0.6 is 0 Å². The molecule has 0 radical (unpaired) electrons. The topological polar surface area (TPSA) is 41.6 Å². The summed E-state index contributed by atoms with van der Waals surface area (Å²) in [5, 5.41) is 3.28. The van der Waals surface area contributed by atoms with E-state index in [0.717, 1.165) is 43.7 Å². The highest BCUT2D eigenvalue weighted by Crippen LogP contribution is 2.32. The Hall–Kier alpha value is -1.55. The number of benzene rings is 1. The molecule has 1 N–H and O–H groups in total. The molecule has 20 heavy (non-hydrogen) atoms. The molecule has 1 amide bonds. The summed E-state index contributed by atoms with van der Waals surface area (Å²) in [5.41, 5.74) is 1.10. The smallest absolute Gasteiger partial charge is 0.227 e. The van der Waals surface area contributed by atoms with Crippen LogP contribution in [0.2, 0.25) is 0 Å². The quantitative estimate of drug-likeness (QED) is 0.890. The van der Waals surface area contributed by atoms with E-state index >= 15 is 0 Å². The fraction of sp³-hybridized carbons (Fsp3) is 0.562. The summed E-state index contributed by atoms with van der Waals surface area (Å²) in [6.07, 6.45) is 3.25. The van der Waals surface area contributed by atoms with Crippen molar-refractivity contribution in [2.75, 3.05) is 20.2 Å². The van der Waals surface area contributed by atoms with Gasteiger partial charge in [0.05, 0.1) is 13.0 Å². The molecule has 1 atom stereocenters. The number of carbonyl (C=O) groups excluding carboxylic acids is 1. The summed E-state index contributed by atoms with van der Waals surface area (Å²) in [6, 6.07) is 8.42. The maximum atomic E-state index is 12.7.